The lowest BCUT2D eigenvalue weighted by atomic mass is 10.1. The molecule has 0 saturated carbocycles. The van der Waals surface area contributed by atoms with Crippen molar-refractivity contribution in [2.24, 2.45) is 4.99 Å². The van der Waals surface area contributed by atoms with Crippen LogP contribution in [0.2, 0.25) is 0 Å². The number of hydrogen-bond donors (Lipinski definition) is 2. The van der Waals surface area contributed by atoms with Gasteiger partial charge < -0.3 is 20.0 Å². The Morgan fingerprint density at radius 2 is 1.84 bits per heavy atom. The number of halogens is 1. The van der Waals surface area contributed by atoms with Crippen LogP contribution < -0.4 is 10.6 Å². The van der Waals surface area contributed by atoms with Crippen LogP contribution in [0.1, 0.15) is 32.0 Å². The highest BCUT2D eigenvalue weighted by molar-refractivity contribution is 14.0. The van der Waals surface area contributed by atoms with Crippen molar-refractivity contribution in [2.75, 3.05) is 45.8 Å². The predicted molar refractivity (Wildman–Crippen MR) is 138 cm³/mol. The van der Waals surface area contributed by atoms with Crippen LogP contribution in [0.25, 0.3) is 11.5 Å². The van der Waals surface area contributed by atoms with Gasteiger partial charge in [-0.05, 0) is 39.4 Å². The summed E-state index contributed by atoms with van der Waals surface area (Å²) in [7, 11) is 0. The Morgan fingerprint density at radius 1 is 1.13 bits per heavy atom. The van der Waals surface area contributed by atoms with Crippen molar-refractivity contribution in [3.05, 3.63) is 41.8 Å². The number of likely N-dealkylation sites (N-methyl/N-ethyl adjacent to an activating group) is 1. The van der Waals surface area contributed by atoms with Crippen LogP contribution in [0.5, 0.6) is 0 Å². The van der Waals surface area contributed by atoms with E-state index < -0.39 is 0 Å². The summed E-state index contributed by atoms with van der Waals surface area (Å²) in [5.41, 5.74) is 3.03. The molecule has 0 amide bonds. The van der Waals surface area contributed by atoms with Gasteiger partial charge in [0, 0.05) is 50.9 Å². The second kappa shape index (κ2) is 13.0. The molecule has 7 nitrogen and oxygen atoms in total. The Labute approximate surface area is 203 Å². The number of nitrogens with one attached hydrogen (secondary N) is 2. The zero-order valence-corrected chi connectivity index (χ0v) is 21.6. The molecule has 1 aliphatic heterocycles. The van der Waals surface area contributed by atoms with E-state index >= 15 is 0 Å². The second-order valence-electron chi connectivity index (χ2n) is 7.91. The number of guanidine groups is 1. The monoisotopic (exact) mass is 540 g/mol. The van der Waals surface area contributed by atoms with Gasteiger partial charge in [0.15, 0.2) is 5.96 Å². The van der Waals surface area contributed by atoms with E-state index in [1.54, 1.807) is 6.26 Å². The van der Waals surface area contributed by atoms with Gasteiger partial charge in [-0.2, -0.15) is 0 Å². The van der Waals surface area contributed by atoms with Crippen molar-refractivity contribution in [3.8, 4) is 11.5 Å². The third kappa shape index (κ3) is 7.76. The third-order valence-corrected chi connectivity index (χ3v) is 5.64. The zero-order valence-electron chi connectivity index (χ0n) is 19.2. The molecule has 31 heavy (non-hydrogen) atoms. The van der Waals surface area contributed by atoms with E-state index in [0.717, 1.165) is 63.0 Å². The van der Waals surface area contributed by atoms with Gasteiger partial charge in [-0.3, -0.25) is 4.90 Å². The molecule has 8 heteroatoms. The highest BCUT2D eigenvalue weighted by atomic mass is 127. The molecule has 2 N–H and O–H groups in total. The minimum absolute atomic E-state index is 0. The van der Waals surface area contributed by atoms with Gasteiger partial charge in [-0.15, -0.1) is 24.0 Å². The molecule has 0 aliphatic carbocycles. The summed E-state index contributed by atoms with van der Waals surface area (Å²) in [5, 5.41) is 6.81. The highest BCUT2D eigenvalue weighted by Crippen LogP contribution is 2.19. The number of aryl methyl sites for hydroxylation is 1. The summed E-state index contributed by atoms with van der Waals surface area (Å²) in [6.07, 6.45) is 1.69. The second-order valence-corrected chi connectivity index (χ2v) is 7.91. The van der Waals surface area contributed by atoms with Gasteiger partial charge in [-0.1, -0.05) is 24.6 Å². The maximum absolute atomic E-state index is 5.65. The molecule has 1 atom stereocenters. The summed E-state index contributed by atoms with van der Waals surface area (Å²) < 4.78 is 5.65. The van der Waals surface area contributed by atoms with Crippen molar-refractivity contribution in [1.29, 1.82) is 0 Å². The molecule has 1 fully saturated rings. The lowest BCUT2D eigenvalue weighted by Gasteiger charge is -2.37. The fourth-order valence-electron chi connectivity index (χ4n) is 3.60. The predicted octanol–water partition coefficient (Wildman–Crippen LogP) is 3.35. The van der Waals surface area contributed by atoms with Gasteiger partial charge >= 0.3 is 0 Å². The summed E-state index contributed by atoms with van der Waals surface area (Å²) in [6.45, 7) is 16.6. The van der Waals surface area contributed by atoms with E-state index in [4.69, 9.17) is 9.41 Å². The van der Waals surface area contributed by atoms with Crippen LogP contribution in [0.15, 0.2) is 39.9 Å². The number of nitrogens with zero attached hydrogens (tertiary/aromatic N) is 4. The van der Waals surface area contributed by atoms with Gasteiger partial charge in [0.1, 0.15) is 12.0 Å². The molecular weight excluding hydrogens is 503 g/mol. The first-order valence-corrected chi connectivity index (χ1v) is 11.1. The molecule has 172 valence electrons. The molecule has 2 heterocycles. The van der Waals surface area contributed by atoms with Crippen molar-refractivity contribution >= 4 is 29.9 Å². The maximum Gasteiger partial charge on any atom is 0.226 e. The average Bonchev–Trinajstić information content (AvgIpc) is 3.25. The summed E-state index contributed by atoms with van der Waals surface area (Å²) in [6, 6.07) is 8.65. The molecule has 2 aromatic rings. The maximum atomic E-state index is 5.65. The van der Waals surface area contributed by atoms with Gasteiger partial charge in [0.2, 0.25) is 5.89 Å². The van der Waals surface area contributed by atoms with E-state index in [1.807, 2.05) is 12.1 Å². The van der Waals surface area contributed by atoms with Gasteiger partial charge in [0.05, 0.1) is 6.54 Å². The molecule has 0 spiro atoms. The molecule has 0 bridgehead atoms. The molecular formula is C23H37IN6O. The van der Waals surface area contributed by atoms with E-state index in [-0.39, 0.29) is 24.0 Å². The first kappa shape index (κ1) is 25.6. The van der Waals surface area contributed by atoms with Crippen molar-refractivity contribution < 1.29 is 4.42 Å². The summed E-state index contributed by atoms with van der Waals surface area (Å²) >= 11 is 0. The zero-order chi connectivity index (χ0) is 21.3. The number of benzene rings is 1. The molecule has 1 saturated heterocycles. The Hall–Kier alpha value is -1.65. The SMILES string of the molecule is CCNC(=NCc1coc(-c2ccc(C)cc2)n1)NCC(C)N1CCN(CC)CC1.I. The van der Waals surface area contributed by atoms with Crippen LogP contribution in [0.4, 0.5) is 0 Å². The molecule has 1 aromatic carbocycles. The molecule has 3 rings (SSSR count). The summed E-state index contributed by atoms with van der Waals surface area (Å²) in [4.78, 5) is 14.3. The van der Waals surface area contributed by atoms with Gasteiger partial charge in [0.25, 0.3) is 0 Å². The number of hydrogen-bond acceptors (Lipinski definition) is 5. The number of rotatable bonds is 8. The largest absolute Gasteiger partial charge is 0.444 e. The van der Waals surface area contributed by atoms with Crippen LogP contribution in [0.3, 0.4) is 0 Å². The van der Waals surface area contributed by atoms with Crippen LogP contribution >= 0.6 is 24.0 Å². The quantitative estimate of drug-likeness (QED) is 0.304. The van der Waals surface area contributed by atoms with Crippen LogP contribution in [-0.2, 0) is 6.54 Å². The fourth-order valence-corrected chi connectivity index (χ4v) is 3.60. The lowest BCUT2D eigenvalue weighted by Crippen LogP contribution is -2.53. The smallest absolute Gasteiger partial charge is 0.226 e. The Balaban J connectivity index is 0.00000341. The number of oxazole rings is 1. The minimum Gasteiger partial charge on any atom is -0.444 e. The van der Waals surface area contributed by atoms with E-state index in [9.17, 15) is 0 Å². The molecule has 1 aromatic heterocycles. The van der Waals surface area contributed by atoms with Crippen molar-refractivity contribution in [3.63, 3.8) is 0 Å². The minimum atomic E-state index is 0. The molecule has 0 radical (unpaired) electrons. The highest BCUT2D eigenvalue weighted by Gasteiger charge is 2.20. The number of aromatic nitrogens is 1. The van der Waals surface area contributed by atoms with Crippen LogP contribution in [-0.4, -0.2) is 72.6 Å². The van der Waals surface area contributed by atoms with Crippen molar-refractivity contribution in [1.82, 2.24) is 25.4 Å². The van der Waals surface area contributed by atoms with E-state index in [1.165, 1.54) is 5.56 Å². The topological polar surface area (TPSA) is 68.9 Å². The first-order chi connectivity index (χ1) is 14.6. The molecule has 1 unspecified atom stereocenters. The third-order valence-electron chi connectivity index (χ3n) is 5.64. The summed E-state index contributed by atoms with van der Waals surface area (Å²) in [5.74, 6) is 1.45. The van der Waals surface area contributed by atoms with E-state index in [0.29, 0.717) is 18.5 Å². The standard InChI is InChI=1S/C23H36N6O.HI/c1-5-24-23(25-15-19(4)29-13-11-28(6-2)12-14-29)26-16-21-17-30-22(27-21)20-9-7-18(3)8-10-20;/h7-10,17,19H,5-6,11-16H2,1-4H3,(H2,24,25,26);1H. The molecule has 1 aliphatic rings. The lowest BCUT2D eigenvalue weighted by molar-refractivity contribution is 0.107. The van der Waals surface area contributed by atoms with Crippen LogP contribution in [0, 0.1) is 6.92 Å². The Kier molecular flexibility index (Phi) is 10.8. The average molecular weight is 540 g/mol. The Morgan fingerprint density at radius 3 is 2.48 bits per heavy atom. The van der Waals surface area contributed by atoms with Gasteiger partial charge in [-0.25, -0.2) is 9.98 Å². The number of aliphatic imine (C=N–C) groups is 1. The normalized spacial score (nSPS) is 16.6. The Bertz CT molecular complexity index is 799. The first-order valence-electron chi connectivity index (χ1n) is 11.1. The number of piperazine rings is 1. The van der Waals surface area contributed by atoms with E-state index in [2.05, 4.69) is 65.2 Å². The van der Waals surface area contributed by atoms with Crippen molar-refractivity contribution in [2.45, 2.75) is 40.3 Å². The fraction of sp³-hybridized carbons (Fsp3) is 0.565.